The van der Waals surface area contributed by atoms with Crippen molar-refractivity contribution in [2.24, 2.45) is 5.73 Å². The highest BCUT2D eigenvalue weighted by atomic mass is 19.1. The van der Waals surface area contributed by atoms with Crippen LogP contribution in [0.3, 0.4) is 0 Å². The van der Waals surface area contributed by atoms with E-state index in [4.69, 9.17) is 10.5 Å². The predicted octanol–water partition coefficient (Wildman–Crippen LogP) is 0.526. The third-order valence-corrected chi connectivity index (χ3v) is 2.16. The summed E-state index contributed by atoms with van der Waals surface area (Å²) in [6, 6.07) is 3.53. The van der Waals surface area contributed by atoms with E-state index in [1.165, 1.54) is 19.2 Å². The van der Waals surface area contributed by atoms with Crippen LogP contribution in [0, 0.1) is 5.82 Å². The molecule has 0 aliphatic carbocycles. The van der Waals surface area contributed by atoms with Crippen LogP contribution in [0.4, 0.5) is 10.1 Å². The number of esters is 1. The predicted molar refractivity (Wildman–Crippen MR) is 66.2 cm³/mol. The molecule has 0 atom stereocenters. The van der Waals surface area contributed by atoms with Gasteiger partial charge in [-0.2, -0.15) is 0 Å². The average Bonchev–Trinajstić information content (AvgIpc) is 2.40. The number of rotatable bonds is 6. The molecule has 1 aromatic carbocycles. The van der Waals surface area contributed by atoms with Crippen LogP contribution in [0.25, 0.3) is 0 Å². The third-order valence-electron chi connectivity index (χ3n) is 2.16. The van der Waals surface area contributed by atoms with Crippen LogP contribution in [0.2, 0.25) is 0 Å². The second-order valence-corrected chi connectivity index (χ2v) is 3.58. The molecule has 0 aromatic heterocycles. The summed E-state index contributed by atoms with van der Waals surface area (Å²) in [5.41, 5.74) is 5.23. The molecule has 1 aromatic rings. The Morgan fingerprint density at radius 3 is 2.79 bits per heavy atom. The zero-order valence-electron chi connectivity index (χ0n) is 10.4. The van der Waals surface area contributed by atoms with Gasteiger partial charge in [-0.3, -0.25) is 4.79 Å². The van der Waals surface area contributed by atoms with Crippen molar-refractivity contribution in [2.45, 2.75) is 0 Å². The average molecular weight is 270 g/mol. The standard InChI is InChI=1S/C12H15FN2O4/c1-18-12(17)8-2-3-9(13)10(6-8)15-11(16)7-19-5-4-14/h2-3,6H,4-5,7,14H2,1H3,(H,15,16). The van der Waals surface area contributed by atoms with Crippen molar-refractivity contribution in [1.82, 2.24) is 0 Å². The molecule has 0 heterocycles. The van der Waals surface area contributed by atoms with Gasteiger partial charge in [0, 0.05) is 6.54 Å². The summed E-state index contributed by atoms with van der Waals surface area (Å²) in [4.78, 5) is 22.7. The van der Waals surface area contributed by atoms with Gasteiger partial charge in [-0.05, 0) is 18.2 Å². The van der Waals surface area contributed by atoms with E-state index in [-0.39, 0.29) is 24.5 Å². The molecule has 0 unspecified atom stereocenters. The summed E-state index contributed by atoms with van der Waals surface area (Å²) >= 11 is 0. The van der Waals surface area contributed by atoms with Crippen LogP contribution < -0.4 is 11.1 Å². The lowest BCUT2D eigenvalue weighted by Crippen LogP contribution is -2.21. The third kappa shape index (κ3) is 4.65. The number of hydrogen-bond acceptors (Lipinski definition) is 5. The van der Waals surface area contributed by atoms with E-state index in [0.717, 1.165) is 6.07 Å². The van der Waals surface area contributed by atoms with Crippen LogP contribution in [0.1, 0.15) is 10.4 Å². The number of hydrogen-bond donors (Lipinski definition) is 2. The number of methoxy groups -OCH3 is 1. The van der Waals surface area contributed by atoms with Crippen molar-refractivity contribution in [3.8, 4) is 0 Å². The van der Waals surface area contributed by atoms with Crippen molar-refractivity contribution < 1.29 is 23.5 Å². The van der Waals surface area contributed by atoms with Gasteiger partial charge in [0.05, 0.1) is 25.0 Å². The second kappa shape index (κ2) is 7.45. The topological polar surface area (TPSA) is 90.6 Å². The van der Waals surface area contributed by atoms with Gasteiger partial charge in [0.1, 0.15) is 12.4 Å². The normalized spacial score (nSPS) is 10.1. The first-order valence-electron chi connectivity index (χ1n) is 5.54. The molecule has 104 valence electrons. The highest BCUT2D eigenvalue weighted by Gasteiger charge is 2.12. The van der Waals surface area contributed by atoms with Crippen molar-refractivity contribution in [2.75, 3.05) is 32.2 Å². The minimum absolute atomic E-state index is 0.107. The zero-order chi connectivity index (χ0) is 14.3. The monoisotopic (exact) mass is 270 g/mol. The number of anilines is 1. The molecule has 1 rings (SSSR count). The summed E-state index contributed by atoms with van der Waals surface area (Å²) in [6.07, 6.45) is 0. The van der Waals surface area contributed by atoms with Crippen LogP contribution in [0.5, 0.6) is 0 Å². The van der Waals surface area contributed by atoms with Gasteiger partial charge in [-0.1, -0.05) is 0 Å². The van der Waals surface area contributed by atoms with E-state index in [9.17, 15) is 14.0 Å². The smallest absolute Gasteiger partial charge is 0.337 e. The van der Waals surface area contributed by atoms with Gasteiger partial charge in [0.2, 0.25) is 5.91 Å². The summed E-state index contributed by atoms with van der Waals surface area (Å²) < 4.78 is 22.9. The molecule has 0 aliphatic heterocycles. The Hall–Kier alpha value is -1.99. The number of carbonyl (C=O) groups is 2. The first-order valence-corrected chi connectivity index (χ1v) is 5.54. The van der Waals surface area contributed by atoms with E-state index >= 15 is 0 Å². The SMILES string of the molecule is COC(=O)c1ccc(F)c(NC(=O)COCCN)c1. The fraction of sp³-hybridized carbons (Fsp3) is 0.333. The molecule has 0 spiro atoms. The van der Waals surface area contributed by atoms with E-state index in [1.54, 1.807) is 0 Å². The second-order valence-electron chi connectivity index (χ2n) is 3.58. The Labute approximate surface area is 109 Å². The van der Waals surface area contributed by atoms with Crippen molar-refractivity contribution >= 4 is 17.6 Å². The first kappa shape index (κ1) is 15.1. The molecule has 0 aliphatic rings. The number of nitrogens with one attached hydrogen (secondary N) is 1. The zero-order valence-corrected chi connectivity index (χ0v) is 10.4. The summed E-state index contributed by atoms with van der Waals surface area (Å²) in [5, 5.41) is 2.30. The Balaban J connectivity index is 2.71. The van der Waals surface area contributed by atoms with Gasteiger partial charge in [-0.15, -0.1) is 0 Å². The Morgan fingerprint density at radius 1 is 1.42 bits per heavy atom. The Bertz CT molecular complexity index is 465. The fourth-order valence-electron chi connectivity index (χ4n) is 1.30. The van der Waals surface area contributed by atoms with Gasteiger partial charge in [0.25, 0.3) is 0 Å². The van der Waals surface area contributed by atoms with Crippen molar-refractivity contribution in [1.29, 1.82) is 0 Å². The molecule has 0 bridgehead atoms. The lowest BCUT2D eigenvalue weighted by molar-refractivity contribution is -0.120. The number of carbonyl (C=O) groups excluding carboxylic acids is 2. The first-order chi connectivity index (χ1) is 9.08. The summed E-state index contributed by atoms with van der Waals surface area (Å²) in [5.74, 6) is -1.80. The molecule has 0 radical (unpaired) electrons. The Kier molecular flexibility index (Phi) is 5.91. The van der Waals surface area contributed by atoms with Crippen LogP contribution >= 0.6 is 0 Å². The molecule has 0 saturated carbocycles. The molecule has 19 heavy (non-hydrogen) atoms. The summed E-state index contributed by atoms with van der Waals surface area (Å²) in [6.45, 7) is 0.288. The summed E-state index contributed by atoms with van der Waals surface area (Å²) in [7, 11) is 1.21. The highest BCUT2D eigenvalue weighted by Crippen LogP contribution is 2.16. The van der Waals surface area contributed by atoms with Gasteiger partial charge >= 0.3 is 5.97 Å². The minimum atomic E-state index is -0.653. The highest BCUT2D eigenvalue weighted by molar-refractivity contribution is 5.95. The number of benzene rings is 1. The molecular weight excluding hydrogens is 255 g/mol. The molecule has 1 amide bonds. The minimum Gasteiger partial charge on any atom is -0.465 e. The van der Waals surface area contributed by atoms with E-state index in [1.807, 2.05) is 0 Å². The largest absolute Gasteiger partial charge is 0.465 e. The fourth-order valence-corrected chi connectivity index (χ4v) is 1.30. The van der Waals surface area contributed by atoms with E-state index < -0.39 is 17.7 Å². The van der Waals surface area contributed by atoms with Crippen LogP contribution in [-0.4, -0.2) is 38.7 Å². The molecule has 6 nitrogen and oxygen atoms in total. The molecule has 0 saturated heterocycles. The number of halogens is 1. The van der Waals surface area contributed by atoms with Crippen LogP contribution in [-0.2, 0) is 14.3 Å². The number of ether oxygens (including phenoxy) is 2. The quantitative estimate of drug-likeness (QED) is 0.581. The van der Waals surface area contributed by atoms with Crippen molar-refractivity contribution in [3.05, 3.63) is 29.6 Å². The van der Waals surface area contributed by atoms with Crippen molar-refractivity contribution in [3.63, 3.8) is 0 Å². The lowest BCUT2D eigenvalue weighted by Gasteiger charge is -2.08. The maximum Gasteiger partial charge on any atom is 0.337 e. The maximum atomic E-state index is 13.5. The molecule has 3 N–H and O–H groups in total. The number of amides is 1. The maximum absolute atomic E-state index is 13.5. The van der Waals surface area contributed by atoms with Gasteiger partial charge < -0.3 is 20.5 Å². The Morgan fingerprint density at radius 2 is 2.16 bits per heavy atom. The van der Waals surface area contributed by atoms with Gasteiger partial charge in [0.15, 0.2) is 0 Å². The molecular formula is C12H15FN2O4. The van der Waals surface area contributed by atoms with E-state index in [2.05, 4.69) is 10.1 Å². The van der Waals surface area contributed by atoms with Crippen LogP contribution in [0.15, 0.2) is 18.2 Å². The molecule has 7 heteroatoms. The lowest BCUT2D eigenvalue weighted by atomic mass is 10.2. The number of nitrogens with two attached hydrogens (primary N) is 1. The molecule has 0 fully saturated rings. The van der Waals surface area contributed by atoms with E-state index in [0.29, 0.717) is 6.54 Å². The van der Waals surface area contributed by atoms with Gasteiger partial charge in [-0.25, -0.2) is 9.18 Å².